The van der Waals surface area contributed by atoms with Crippen LogP contribution in [-0.2, 0) is 30.4 Å². The normalized spacial score (nSPS) is 13.0. The average molecular weight is 512 g/mol. The van der Waals surface area contributed by atoms with E-state index in [1.807, 2.05) is 0 Å². The number of nitrogens with two attached hydrogens (primary N) is 5. The van der Waals surface area contributed by atoms with Gasteiger partial charge in [-0.15, -0.1) is 0 Å². The molecule has 34 heavy (non-hydrogen) atoms. The standard InChI is InChI=1S/C6H9N3O2.C5H10N2O3.C3H7NO2S.C3H7NO2/c7-5(6(10)11)1-4-2-8-3-9-4;6-3(5(9)10)1-2-4(7)8;4-2(1-7)3(5)6;1-2(4)3(5)6/h2-3,5H,1,7H2,(H,8,9)(H,10,11);3H,1-2,6H2,(H2,7,8)(H,9,10);2,7H,1,4H2,(H,5,6);2H,4H2,1H3,(H,5,6)/t5-;3-;2*2-/m0000/s1. The summed E-state index contributed by atoms with van der Waals surface area (Å²) >= 11 is 3.65. The number of rotatable bonds is 10. The summed E-state index contributed by atoms with van der Waals surface area (Å²) in [5.41, 5.74) is 25.6. The molecule has 1 aromatic rings. The van der Waals surface area contributed by atoms with E-state index in [0.717, 1.165) is 5.69 Å². The zero-order chi connectivity index (χ0) is 27.4. The number of nitrogens with one attached hydrogen (secondary N) is 1. The van der Waals surface area contributed by atoms with E-state index in [9.17, 15) is 24.0 Å². The van der Waals surface area contributed by atoms with Crippen LogP contribution < -0.4 is 28.7 Å². The number of aliphatic carboxylic acids is 4. The molecule has 16 nitrogen and oxygen atoms in total. The maximum atomic E-state index is 10.3. The number of H-pyrrole nitrogens is 1. The van der Waals surface area contributed by atoms with E-state index >= 15 is 0 Å². The second-order valence-electron chi connectivity index (χ2n) is 6.43. The average Bonchev–Trinajstić information content (AvgIpc) is 3.25. The van der Waals surface area contributed by atoms with Crippen molar-refractivity contribution in [2.24, 2.45) is 28.7 Å². The number of carboxylic acid groups (broad SMARTS) is 4. The highest BCUT2D eigenvalue weighted by molar-refractivity contribution is 7.80. The first kappa shape index (κ1) is 35.3. The molecule has 0 aliphatic heterocycles. The lowest BCUT2D eigenvalue weighted by Gasteiger charge is -2.02. The van der Waals surface area contributed by atoms with Gasteiger partial charge in [-0.3, -0.25) is 24.0 Å². The number of imidazole rings is 1. The molecule has 196 valence electrons. The Labute approximate surface area is 200 Å². The molecule has 1 aromatic heterocycles. The minimum Gasteiger partial charge on any atom is -0.480 e. The van der Waals surface area contributed by atoms with Gasteiger partial charge in [0.25, 0.3) is 0 Å². The zero-order valence-corrected chi connectivity index (χ0v) is 19.3. The minimum absolute atomic E-state index is 0.0213. The molecule has 0 saturated heterocycles. The van der Waals surface area contributed by atoms with Gasteiger partial charge < -0.3 is 54.1 Å². The topological polar surface area (TPSA) is 325 Å². The molecular weight excluding hydrogens is 478 g/mol. The van der Waals surface area contributed by atoms with Gasteiger partial charge in [-0.25, -0.2) is 4.98 Å². The number of carboxylic acids is 4. The zero-order valence-electron chi connectivity index (χ0n) is 18.4. The molecule has 15 N–H and O–H groups in total. The Morgan fingerprint density at radius 3 is 1.59 bits per heavy atom. The number of nitrogens with zero attached hydrogens (tertiary/aromatic N) is 1. The first-order chi connectivity index (χ1) is 15.6. The fraction of sp³-hybridized carbons (Fsp3) is 0.529. The minimum atomic E-state index is -1.11. The van der Waals surface area contributed by atoms with Crippen LogP contribution >= 0.6 is 12.6 Å². The lowest BCUT2D eigenvalue weighted by Crippen LogP contribution is -2.32. The Hall–Kier alpha value is -3.25. The van der Waals surface area contributed by atoms with E-state index in [4.69, 9.17) is 49.1 Å². The molecule has 0 aliphatic rings. The van der Waals surface area contributed by atoms with Crippen LogP contribution in [0.15, 0.2) is 12.5 Å². The van der Waals surface area contributed by atoms with E-state index in [1.54, 1.807) is 6.20 Å². The summed E-state index contributed by atoms with van der Waals surface area (Å²) in [5, 5.41) is 32.5. The highest BCUT2D eigenvalue weighted by atomic mass is 32.1. The number of amides is 1. The number of carbonyl (C=O) groups is 5. The van der Waals surface area contributed by atoms with Crippen molar-refractivity contribution in [2.45, 2.75) is 50.4 Å². The lowest BCUT2D eigenvalue weighted by atomic mass is 10.2. The van der Waals surface area contributed by atoms with Crippen molar-refractivity contribution >= 4 is 42.4 Å². The number of hydrogen-bond donors (Lipinski definition) is 11. The van der Waals surface area contributed by atoms with Crippen molar-refractivity contribution in [1.29, 1.82) is 0 Å². The van der Waals surface area contributed by atoms with E-state index in [0.29, 0.717) is 0 Å². The molecule has 0 radical (unpaired) electrons. The van der Waals surface area contributed by atoms with Crippen LogP contribution in [0.3, 0.4) is 0 Å². The van der Waals surface area contributed by atoms with Gasteiger partial charge in [0.2, 0.25) is 5.91 Å². The van der Waals surface area contributed by atoms with E-state index in [-0.39, 0.29) is 25.0 Å². The Bertz CT molecular complexity index is 748. The van der Waals surface area contributed by atoms with Gasteiger partial charge in [0, 0.05) is 30.5 Å². The second-order valence-corrected chi connectivity index (χ2v) is 6.79. The molecular formula is C17H33N7O9S. The maximum absolute atomic E-state index is 10.3. The van der Waals surface area contributed by atoms with Crippen molar-refractivity contribution in [3.05, 3.63) is 18.2 Å². The van der Waals surface area contributed by atoms with Crippen LogP contribution in [0.2, 0.25) is 0 Å². The monoisotopic (exact) mass is 511 g/mol. The van der Waals surface area contributed by atoms with Gasteiger partial charge in [-0.1, -0.05) is 0 Å². The van der Waals surface area contributed by atoms with Gasteiger partial charge in [0.1, 0.15) is 24.2 Å². The van der Waals surface area contributed by atoms with Gasteiger partial charge in [0.15, 0.2) is 0 Å². The number of carbonyl (C=O) groups excluding carboxylic acids is 1. The van der Waals surface area contributed by atoms with Crippen molar-refractivity contribution in [2.75, 3.05) is 5.75 Å². The van der Waals surface area contributed by atoms with Crippen LogP contribution in [0.5, 0.6) is 0 Å². The van der Waals surface area contributed by atoms with Crippen LogP contribution in [0.1, 0.15) is 25.5 Å². The summed E-state index contributed by atoms with van der Waals surface area (Å²) in [6.45, 7) is 1.42. The molecule has 1 amide bonds. The third-order valence-electron chi connectivity index (χ3n) is 3.23. The van der Waals surface area contributed by atoms with Crippen molar-refractivity contribution in [3.63, 3.8) is 0 Å². The fourth-order valence-corrected chi connectivity index (χ4v) is 1.38. The Kier molecular flexibility index (Phi) is 21.2. The second kappa shape index (κ2) is 20.4. The van der Waals surface area contributed by atoms with Gasteiger partial charge in [-0.05, 0) is 13.3 Å². The highest BCUT2D eigenvalue weighted by Crippen LogP contribution is 1.95. The quantitative estimate of drug-likeness (QED) is 0.138. The van der Waals surface area contributed by atoms with Crippen LogP contribution in [0.4, 0.5) is 0 Å². The molecule has 0 unspecified atom stereocenters. The lowest BCUT2D eigenvalue weighted by molar-refractivity contribution is -0.139. The smallest absolute Gasteiger partial charge is 0.321 e. The van der Waals surface area contributed by atoms with E-state index in [2.05, 4.69) is 22.6 Å². The van der Waals surface area contributed by atoms with Crippen molar-refractivity contribution in [3.8, 4) is 0 Å². The summed E-state index contributed by atoms with van der Waals surface area (Å²) in [6, 6.07) is -3.38. The molecule has 4 atom stereocenters. The summed E-state index contributed by atoms with van der Waals surface area (Å²) in [7, 11) is 0. The Morgan fingerprint density at radius 1 is 0.912 bits per heavy atom. The number of aromatic nitrogens is 2. The summed E-state index contributed by atoms with van der Waals surface area (Å²) < 4.78 is 0. The van der Waals surface area contributed by atoms with E-state index < -0.39 is 54.0 Å². The third kappa shape index (κ3) is 23.4. The molecule has 0 aliphatic carbocycles. The van der Waals surface area contributed by atoms with E-state index in [1.165, 1.54) is 13.3 Å². The Morgan fingerprint density at radius 2 is 1.35 bits per heavy atom. The van der Waals surface area contributed by atoms with Crippen LogP contribution in [-0.4, -0.2) is 90.1 Å². The fourth-order valence-electron chi connectivity index (χ4n) is 1.22. The number of thiol groups is 1. The largest absolute Gasteiger partial charge is 0.480 e. The van der Waals surface area contributed by atoms with Crippen molar-refractivity contribution in [1.82, 2.24) is 9.97 Å². The van der Waals surface area contributed by atoms with Gasteiger partial charge >= 0.3 is 23.9 Å². The number of primary amides is 1. The molecule has 17 heteroatoms. The highest BCUT2D eigenvalue weighted by Gasteiger charge is 2.12. The molecule has 1 rings (SSSR count). The molecule has 0 spiro atoms. The number of hydrogen-bond acceptors (Lipinski definition) is 11. The first-order valence-electron chi connectivity index (χ1n) is 9.36. The molecule has 0 saturated carbocycles. The van der Waals surface area contributed by atoms with Crippen LogP contribution in [0.25, 0.3) is 0 Å². The summed E-state index contributed by atoms with van der Waals surface area (Å²) in [4.78, 5) is 56.2. The predicted molar refractivity (Wildman–Crippen MR) is 123 cm³/mol. The molecule has 1 heterocycles. The molecule has 0 bridgehead atoms. The molecule has 0 aromatic carbocycles. The van der Waals surface area contributed by atoms with Crippen LogP contribution in [0, 0.1) is 0 Å². The summed E-state index contributed by atoms with van der Waals surface area (Å²) in [5.74, 6) is -4.42. The van der Waals surface area contributed by atoms with Crippen molar-refractivity contribution < 1.29 is 44.4 Å². The predicted octanol–water partition coefficient (Wildman–Crippen LogP) is -3.23. The third-order valence-corrected chi connectivity index (χ3v) is 3.63. The summed E-state index contributed by atoms with van der Waals surface area (Å²) in [6.07, 6.45) is 3.46. The Balaban J connectivity index is -0.000000389. The van der Waals surface area contributed by atoms with Gasteiger partial charge in [-0.2, -0.15) is 12.6 Å². The number of aromatic amines is 1. The SMILES string of the molecule is C[C@H](N)C(=O)O.NC(=O)CC[C@H](N)C(=O)O.N[C@@H](CS)C(=O)O.N[C@@H](Cc1cnc[nH]1)C(=O)O. The maximum Gasteiger partial charge on any atom is 0.321 e. The molecule has 0 fully saturated rings. The first-order valence-corrected chi connectivity index (χ1v) is 9.99. The van der Waals surface area contributed by atoms with Gasteiger partial charge in [0.05, 0.1) is 6.33 Å².